The molecule has 0 atom stereocenters. The highest BCUT2D eigenvalue weighted by Gasteiger charge is 2.20. The second kappa shape index (κ2) is 16.8. The summed E-state index contributed by atoms with van der Waals surface area (Å²) in [6.45, 7) is 4.54. The number of aromatic hydroxyl groups is 2. The second-order valence-electron chi connectivity index (χ2n) is 12.8. The maximum absolute atomic E-state index is 13.0. The Balaban J connectivity index is 0.000000177. The fourth-order valence-electron chi connectivity index (χ4n) is 6.07. The van der Waals surface area contributed by atoms with Crippen LogP contribution in [0.5, 0.6) is 11.5 Å². The van der Waals surface area contributed by atoms with E-state index in [0.717, 1.165) is 44.7 Å². The monoisotopic (exact) mass is 805 g/mol. The Labute approximate surface area is 338 Å². The first-order valence-corrected chi connectivity index (χ1v) is 19.1. The van der Waals surface area contributed by atoms with E-state index in [1.54, 1.807) is 67.6 Å². The number of anilines is 1. The minimum atomic E-state index is -0.312. The van der Waals surface area contributed by atoms with Crippen LogP contribution in [0.25, 0.3) is 32.4 Å². The molecule has 13 nitrogen and oxygen atoms in total. The summed E-state index contributed by atoms with van der Waals surface area (Å²) >= 11 is 2.21. The number of hydrogen-bond donors (Lipinski definition) is 3. The number of phenols is 2. The quantitative estimate of drug-likeness (QED) is 0.0727. The predicted octanol–water partition coefficient (Wildman–Crippen LogP) is 11.5. The molecule has 58 heavy (non-hydrogen) atoms. The van der Waals surface area contributed by atoms with Gasteiger partial charge in [0, 0.05) is 34.3 Å². The molecule has 3 N–H and O–H groups in total. The Morgan fingerprint density at radius 2 is 1.22 bits per heavy atom. The highest BCUT2D eigenvalue weighted by molar-refractivity contribution is 7.11. The van der Waals surface area contributed by atoms with Gasteiger partial charge in [-0.3, -0.25) is 19.2 Å². The first-order chi connectivity index (χ1) is 28.0. The zero-order valence-electron chi connectivity index (χ0n) is 31.0. The minimum Gasteiger partial charge on any atom is -0.505 e. The average molecular weight is 806 g/mol. The van der Waals surface area contributed by atoms with Crippen molar-refractivity contribution in [3.8, 4) is 11.5 Å². The number of aromatic nitrogens is 2. The number of nitrogens with zero attached hydrogens (tertiary/aromatic N) is 6. The lowest BCUT2D eigenvalue weighted by atomic mass is 9.97. The van der Waals surface area contributed by atoms with Crippen molar-refractivity contribution >= 4 is 106 Å². The number of benzene rings is 6. The highest BCUT2D eigenvalue weighted by atomic mass is 32.1. The van der Waals surface area contributed by atoms with Gasteiger partial charge in [0.25, 0.3) is 0 Å². The van der Waals surface area contributed by atoms with Gasteiger partial charge in [0.1, 0.15) is 11.4 Å². The van der Waals surface area contributed by atoms with Gasteiger partial charge in [-0.2, -0.15) is 8.75 Å². The van der Waals surface area contributed by atoms with Crippen LogP contribution in [0.15, 0.2) is 130 Å². The number of aryl methyl sites for hydroxylation is 1. The number of rotatable bonds is 9. The molecule has 0 bridgehead atoms. The maximum Gasteiger partial charge on any atom is 0.221 e. The molecule has 1 amide bonds. The van der Waals surface area contributed by atoms with Crippen LogP contribution in [-0.4, -0.2) is 42.7 Å². The van der Waals surface area contributed by atoms with Gasteiger partial charge in [-0.25, -0.2) is 0 Å². The van der Waals surface area contributed by atoms with Gasteiger partial charge in [-0.05, 0) is 78.0 Å². The summed E-state index contributed by atoms with van der Waals surface area (Å²) in [4.78, 5) is 47.5. The van der Waals surface area contributed by atoms with Gasteiger partial charge in [0.05, 0.1) is 27.9 Å². The summed E-state index contributed by atoms with van der Waals surface area (Å²) < 4.78 is 8.45. The van der Waals surface area contributed by atoms with E-state index in [9.17, 15) is 29.4 Å². The normalized spacial score (nSPS) is 11.3. The third-order valence-electron chi connectivity index (χ3n) is 8.92. The zero-order valence-corrected chi connectivity index (χ0v) is 32.6. The van der Waals surface area contributed by atoms with Gasteiger partial charge in [0.2, 0.25) is 5.91 Å². The van der Waals surface area contributed by atoms with Crippen LogP contribution in [0.1, 0.15) is 56.2 Å². The van der Waals surface area contributed by atoms with Crippen molar-refractivity contribution in [2.24, 2.45) is 20.5 Å². The van der Waals surface area contributed by atoms with Crippen molar-refractivity contribution < 1.29 is 29.4 Å². The van der Waals surface area contributed by atoms with Crippen LogP contribution in [-0.2, 0) is 4.79 Å². The third kappa shape index (κ3) is 7.98. The van der Waals surface area contributed by atoms with Crippen LogP contribution < -0.4 is 5.32 Å². The Bertz CT molecular complexity index is 2980. The molecule has 6 aromatic carbocycles. The van der Waals surface area contributed by atoms with E-state index < -0.39 is 0 Å². The molecule has 15 heteroatoms. The lowest BCUT2D eigenvalue weighted by Gasteiger charge is -2.10. The molecule has 0 unspecified atom stereocenters. The summed E-state index contributed by atoms with van der Waals surface area (Å²) in [5, 5.41) is 45.6. The molecular weight excluding hydrogens is 775 g/mol. The Hall–Kier alpha value is -7.36. The standard InChI is InChI=1S/C22H15N3O3S.C21H16N4O3S/c1-13-18(12-26)22(29-25-13)24-23-19-16-10-6-5-9-15(16)11-17(21(19)28)20(27)14-7-3-2-4-8-14;1-11(26)16-9-13-5-3-4-6-15(13)19(20(16)28)23-24-21-17-10-14(22-12(2)27)7-8-18(17)25-29-21/h2-12,28H,1H3;3-10,28H,1-2H3,(H,22,27). The topological polar surface area (TPSA) is 196 Å². The van der Waals surface area contributed by atoms with Crippen molar-refractivity contribution in [2.75, 3.05) is 5.32 Å². The molecule has 0 aliphatic heterocycles. The smallest absolute Gasteiger partial charge is 0.221 e. The van der Waals surface area contributed by atoms with Crippen LogP contribution in [0.4, 0.5) is 27.1 Å². The zero-order chi connectivity index (χ0) is 40.9. The SMILES string of the molecule is CC(=O)Nc1ccc2nsc(N=Nc3c(O)c(C(C)=O)cc4ccccc34)c2c1.Cc1nsc(N=Nc2c(O)c(C(=O)c3ccccc3)cc3ccccc23)c1C=O. The molecule has 0 saturated heterocycles. The number of carbonyl (C=O) groups is 4. The van der Waals surface area contributed by atoms with Crippen LogP contribution in [0.3, 0.4) is 0 Å². The van der Waals surface area contributed by atoms with E-state index in [2.05, 4.69) is 34.5 Å². The lowest BCUT2D eigenvalue weighted by molar-refractivity contribution is -0.114. The van der Waals surface area contributed by atoms with Gasteiger partial charge < -0.3 is 15.5 Å². The van der Waals surface area contributed by atoms with E-state index in [1.807, 2.05) is 48.5 Å². The van der Waals surface area contributed by atoms with Crippen molar-refractivity contribution in [1.82, 2.24) is 8.75 Å². The molecule has 8 aromatic rings. The highest BCUT2D eigenvalue weighted by Crippen LogP contribution is 2.42. The summed E-state index contributed by atoms with van der Waals surface area (Å²) in [5.41, 5.74) is 3.48. The number of aldehydes is 1. The molecule has 0 radical (unpaired) electrons. The second-order valence-corrected chi connectivity index (χ2v) is 14.3. The van der Waals surface area contributed by atoms with E-state index >= 15 is 0 Å². The van der Waals surface area contributed by atoms with E-state index in [-0.39, 0.29) is 51.5 Å². The minimum absolute atomic E-state index is 0.139. The molecule has 2 heterocycles. The fraction of sp³-hybridized carbons (Fsp3) is 0.0698. The largest absolute Gasteiger partial charge is 0.505 e. The molecule has 0 aliphatic carbocycles. The van der Waals surface area contributed by atoms with Crippen LogP contribution in [0.2, 0.25) is 0 Å². The number of hydrogen-bond acceptors (Lipinski definition) is 14. The number of nitrogens with one attached hydrogen (secondary N) is 1. The summed E-state index contributed by atoms with van der Waals surface area (Å²) in [5.74, 6) is -1.20. The Morgan fingerprint density at radius 3 is 1.84 bits per heavy atom. The van der Waals surface area contributed by atoms with E-state index in [1.165, 1.54) is 13.8 Å². The van der Waals surface area contributed by atoms with Crippen molar-refractivity contribution in [1.29, 1.82) is 0 Å². The number of azo groups is 2. The lowest BCUT2D eigenvalue weighted by Crippen LogP contribution is -2.05. The first kappa shape index (κ1) is 38.9. The number of ketones is 2. The van der Waals surface area contributed by atoms with Crippen LogP contribution >= 0.6 is 23.1 Å². The van der Waals surface area contributed by atoms with E-state index in [0.29, 0.717) is 49.6 Å². The van der Waals surface area contributed by atoms with Crippen molar-refractivity contribution in [3.63, 3.8) is 0 Å². The fourth-order valence-corrected chi connectivity index (χ4v) is 7.45. The number of phenolic OH excluding ortho intramolecular Hbond substituents is 2. The average Bonchev–Trinajstić information content (AvgIpc) is 3.81. The number of fused-ring (bicyclic) bond motifs is 3. The maximum atomic E-state index is 13.0. The van der Waals surface area contributed by atoms with Gasteiger partial charge in [-0.15, -0.1) is 20.5 Å². The van der Waals surface area contributed by atoms with E-state index in [4.69, 9.17) is 0 Å². The molecule has 0 fully saturated rings. The molecule has 0 spiro atoms. The predicted molar refractivity (Wildman–Crippen MR) is 226 cm³/mol. The van der Waals surface area contributed by atoms with Crippen LogP contribution in [0, 0.1) is 6.92 Å². The number of Topliss-reactive ketones (excluding diaryl/α,β-unsaturated/α-hetero) is 1. The van der Waals surface area contributed by atoms with Gasteiger partial charge in [0.15, 0.2) is 39.4 Å². The van der Waals surface area contributed by atoms with Crippen molar-refractivity contribution in [3.05, 3.63) is 137 Å². The number of amides is 1. The molecular formula is C43H31N7O6S2. The van der Waals surface area contributed by atoms with Gasteiger partial charge >= 0.3 is 0 Å². The number of carbonyl (C=O) groups excluding carboxylic acids is 4. The molecule has 2 aromatic heterocycles. The molecule has 0 saturated carbocycles. The van der Waals surface area contributed by atoms with Crippen molar-refractivity contribution in [2.45, 2.75) is 20.8 Å². The van der Waals surface area contributed by atoms with Gasteiger partial charge in [-0.1, -0.05) is 78.9 Å². The molecule has 8 rings (SSSR count). The Kier molecular flexibility index (Phi) is 11.3. The molecule has 286 valence electrons. The first-order valence-electron chi connectivity index (χ1n) is 17.6. The summed E-state index contributed by atoms with van der Waals surface area (Å²) in [6.07, 6.45) is 0.681. The third-order valence-corrected chi connectivity index (χ3v) is 10.5. The summed E-state index contributed by atoms with van der Waals surface area (Å²) in [6, 6.07) is 32.0. The summed E-state index contributed by atoms with van der Waals surface area (Å²) in [7, 11) is 0. The molecule has 0 aliphatic rings. The Morgan fingerprint density at radius 1 is 0.655 bits per heavy atom.